The number of benzene rings is 1. The average Bonchev–Trinajstić information content (AvgIpc) is 3.32. The second-order valence-corrected chi connectivity index (χ2v) is 6.57. The number of carbonyl (C=O) groups excluding carboxylic acids is 1. The molecule has 0 aliphatic carbocycles. The van der Waals surface area contributed by atoms with Crippen LogP contribution >= 0.6 is 0 Å². The largest absolute Gasteiger partial charge is 0.405 e. The Morgan fingerprint density at radius 1 is 1.17 bits per heavy atom. The molecule has 30 heavy (non-hydrogen) atoms. The third-order valence-corrected chi connectivity index (χ3v) is 4.28. The number of hydrogen-bond donors (Lipinski definition) is 2. The van der Waals surface area contributed by atoms with Crippen molar-refractivity contribution in [3.8, 4) is 22.5 Å². The van der Waals surface area contributed by atoms with Crippen LogP contribution in [0.4, 0.5) is 23.7 Å². The minimum atomic E-state index is -4.47. The van der Waals surface area contributed by atoms with Gasteiger partial charge in [-0.3, -0.25) is 9.08 Å². The number of halogens is 3. The molecule has 2 N–H and O–H groups in total. The zero-order valence-electron chi connectivity index (χ0n) is 15.7. The molecule has 3 heterocycles. The lowest BCUT2D eigenvalue weighted by Crippen LogP contribution is -2.36. The van der Waals surface area contributed by atoms with E-state index in [2.05, 4.69) is 20.6 Å². The van der Waals surface area contributed by atoms with E-state index in [1.807, 2.05) is 28.8 Å². The number of anilines is 1. The number of nitrogens with one attached hydrogen (secondary N) is 2. The van der Waals surface area contributed by atoms with Gasteiger partial charge in [-0.05, 0) is 24.3 Å². The molecule has 4 aromatic rings. The number of hydrogen-bond acceptors (Lipinski definition) is 4. The third-order valence-electron chi connectivity index (χ3n) is 4.28. The van der Waals surface area contributed by atoms with Crippen LogP contribution in [0.1, 0.15) is 0 Å². The highest BCUT2D eigenvalue weighted by molar-refractivity contribution is 5.90. The minimum Gasteiger partial charge on any atom is -0.329 e. The summed E-state index contributed by atoms with van der Waals surface area (Å²) >= 11 is 0. The maximum absolute atomic E-state index is 12.2. The summed E-state index contributed by atoms with van der Waals surface area (Å²) in [6, 6.07) is 9.59. The van der Waals surface area contributed by atoms with Gasteiger partial charge >= 0.3 is 12.2 Å². The zero-order valence-corrected chi connectivity index (χ0v) is 15.7. The van der Waals surface area contributed by atoms with Gasteiger partial charge in [0.25, 0.3) is 0 Å². The van der Waals surface area contributed by atoms with Gasteiger partial charge in [0.05, 0.1) is 18.1 Å². The Bertz CT molecular complexity index is 1210. The molecule has 0 saturated carbocycles. The summed E-state index contributed by atoms with van der Waals surface area (Å²) in [4.78, 5) is 16.1. The van der Waals surface area contributed by atoms with Crippen LogP contribution in [-0.2, 0) is 7.05 Å². The number of fused-ring (bicyclic) bond motifs is 1. The van der Waals surface area contributed by atoms with Gasteiger partial charge in [-0.25, -0.2) is 9.78 Å². The molecule has 0 spiro atoms. The van der Waals surface area contributed by atoms with Crippen molar-refractivity contribution in [2.24, 2.45) is 7.05 Å². The Kier molecular flexibility index (Phi) is 4.86. The van der Waals surface area contributed by atoms with E-state index in [0.717, 1.165) is 22.5 Å². The van der Waals surface area contributed by atoms with Gasteiger partial charge in [-0.15, -0.1) is 5.10 Å². The molecule has 0 aliphatic rings. The molecule has 8 nitrogen and oxygen atoms in total. The molecule has 154 valence electrons. The highest BCUT2D eigenvalue weighted by atomic mass is 19.4. The smallest absolute Gasteiger partial charge is 0.329 e. The number of rotatable bonds is 4. The van der Waals surface area contributed by atoms with Gasteiger partial charge in [-0.1, -0.05) is 17.3 Å². The SMILES string of the molecule is Cn1cc(-c2ccn3c(-c4cccc(NC(=O)NCC(F)(F)F)c4)cnc3c2)nn1. The van der Waals surface area contributed by atoms with Crippen LogP contribution in [-0.4, -0.2) is 43.1 Å². The van der Waals surface area contributed by atoms with E-state index >= 15 is 0 Å². The lowest BCUT2D eigenvalue weighted by molar-refractivity contribution is -0.122. The lowest BCUT2D eigenvalue weighted by Gasteiger charge is -2.10. The molecule has 0 radical (unpaired) electrons. The van der Waals surface area contributed by atoms with Crippen molar-refractivity contribution in [3.05, 3.63) is 55.0 Å². The lowest BCUT2D eigenvalue weighted by atomic mass is 10.1. The highest BCUT2D eigenvalue weighted by Gasteiger charge is 2.27. The van der Waals surface area contributed by atoms with Crippen LogP contribution in [0.5, 0.6) is 0 Å². The Morgan fingerprint density at radius 2 is 2.00 bits per heavy atom. The topological polar surface area (TPSA) is 89.1 Å². The summed E-state index contributed by atoms with van der Waals surface area (Å²) < 4.78 is 40.2. The number of urea groups is 1. The number of carbonyl (C=O) groups is 1. The summed E-state index contributed by atoms with van der Waals surface area (Å²) in [7, 11) is 1.78. The molecule has 1 aromatic carbocycles. The number of pyridine rings is 1. The molecule has 0 bridgehead atoms. The molecule has 3 aromatic heterocycles. The predicted octanol–water partition coefficient (Wildman–Crippen LogP) is 3.48. The maximum atomic E-state index is 12.2. The Hall–Kier alpha value is -3.89. The van der Waals surface area contributed by atoms with Gasteiger partial charge in [0.15, 0.2) is 0 Å². The maximum Gasteiger partial charge on any atom is 0.405 e. The number of amides is 2. The summed E-state index contributed by atoms with van der Waals surface area (Å²) in [6.45, 7) is -1.40. The van der Waals surface area contributed by atoms with Crippen molar-refractivity contribution in [1.82, 2.24) is 29.7 Å². The quantitative estimate of drug-likeness (QED) is 0.534. The van der Waals surface area contributed by atoms with Crippen LogP contribution < -0.4 is 10.6 Å². The molecule has 2 amide bonds. The summed E-state index contributed by atoms with van der Waals surface area (Å²) in [5, 5.41) is 12.2. The standard InChI is InChI=1S/C19H16F3N7O/c1-28-10-15(26-27-28)12-5-6-29-16(9-23-17(29)8-12)13-3-2-4-14(7-13)25-18(30)24-11-19(20,21)22/h2-10H,11H2,1H3,(H2,24,25,30). The Morgan fingerprint density at radius 3 is 2.73 bits per heavy atom. The van der Waals surface area contributed by atoms with Gasteiger partial charge in [0, 0.05) is 30.1 Å². The molecule has 0 atom stereocenters. The summed E-state index contributed by atoms with van der Waals surface area (Å²) in [5.41, 5.74) is 4.14. The van der Waals surface area contributed by atoms with Crippen molar-refractivity contribution in [3.63, 3.8) is 0 Å². The minimum absolute atomic E-state index is 0.360. The fourth-order valence-corrected chi connectivity index (χ4v) is 2.95. The second kappa shape index (κ2) is 7.50. The first-order chi connectivity index (χ1) is 14.3. The monoisotopic (exact) mass is 415 g/mol. The first kappa shape index (κ1) is 19.4. The van der Waals surface area contributed by atoms with Crippen molar-refractivity contribution in [2.75, 3.05) is 11.9 Å². The van der Waals surface area contributed by atoms with E-state index in [1.54, 1.807) is 47.6 Å². The Balaban J connectivity index is 1.57. The first-order valence-electron chi connectivity index (χ1n) is 8.84. The fraction of sp³-hybridized carbons (Fsp3) is 0.158. The van der Waals surface area contributed by atoms with Gasteiger partial charge in [0.2, 0.25) is 0 Å². The Labute approximate surface area is 168 Å². The normalized spacial score (nSPS) is 11.6. The van der Waals surface area contributed by atoms with E-state index in [0.29, 0.717) is 11.3 Å². The van der Waals surface area contributed by atoms with Crippen LogP contribution in [0.2, 0.25) is 0 Å². The van der Waals surface area contributed by atoms with E-state index in [4.69, 9.17) is 0 Å². The molecule has 0 aliphatic heterocycles. The van der Waals surface area contributed by atoms with Crippen molar-refractivity contribution in [1.29, 1.82) is 0 Å². The van der Waals surface area contributed by atoms with E-state index in [1.165, 1.54) is 0 Å². The predicted molar refractivity (Wildman–Crippen MR) is 104 cm³/mol. The number of imidazole rings is 1. The fourth-order valence-electron chi connectivity index (χ4n) is 2.95. The molecule has 0 fully saturated rings. The van der Waals surface area contributed by atoms with Crippen LogP contribution in [0.25, 0.3) is 28.2 Å². The van der Waals surface area contributed by atoms with E-state index in [9.17, 15) is 18.0 Å². The third kappa shape index (κ3) is 4.24. The van der Waals surface area contributed by atoms with Crippen LogP contribution in [0.3, 0.4) is 0 Å². The van der Waals surface area contributed by atoms with Gasteiger partial charge in [-0.2, -0.15) is 13.2 Å². The molecule has 11 heteroatoms. The van der Waals surface area contributed by atoms with E-state index in [-0.39, 0.29) is 0 Å². The second-order valence-electron chi connectivity index (χ2n) is 6.57. The summed E-state index contributed by atoms with van der Waals surface area (Å²) in [6.07, 6.45) is 0.852. The highest BCUT2D eigenvalue weighted by Crippen LogP contribution is 2.26. The van der Waals surface area contributed by atoms with Crippen molar-refractivity contribution >= 4 is 17.4 Å². The average molecular weight is 415 g/mol. The number of alkyl halides is 3. The van der Waals surface area contributed by atoms with Gasteiger partial charge in [0.1, 0.15) is 17.9 Å². The molecular weight excluding hydrogens is 399 g/mol. The van der Waals surface area contributed by atoms with E-state index < -0.39 is 18.8 Å². The van der Waals surface area contributed by atoms with Crippen molar-refractivity contribution < 1.29 is 18.0 Å². The first-order valence-corrected chi connectivity index (χ1v) is 8.84. The number of nitrogens with zero attached hydrogens (tertiary/aromatic N) is 5. The molecule has 4 rings (SSSR count). The summed E-state index contributed by atoms with van der Waals surface area (Å²) in [5.74, 6) is 0. The van der Waals surface area contributed by atoms with Crippen LogP contribution in [0, 0.1) is 0 Å². The number of aryl methyl sites for hydroxylation is 1. The van der Waals surface area contributed by atoms with Crippen molar-refractivity contribution in [2.45, 2.75) is 6.18 Å². The molecule has 0 unspecified atom stereocenters. The molecule has 0 saturated heterocycles. The molecular formula is C19H16F3N7O. The van der Waals surface area contributed by atoms with Gasteiger partial charge < -0.3 is 10.6 Å². The zero-order chi connectivity index (χ0) is 21.3. The van der Waals surface area contributed by atoms with Crippen LogP contribution in [0.15, 0.2) is 55.0 Å². The number of aromatic nitrogens is 5.